The third kappa shape index (κ3) is 5.74. The molecule has 0 saturated carbocycles. The fraction of sp³-hybridized carbons (Fsp3) is 0.552. The van der Waals surface area contributed by atoms with E-state index < -0.39 is 0 Å². The number of carbonyl (C=O) groups excluding carboxylic acids is 1. The van der Waals surface area contributed by atoms with Crippen LogP contribution in [0.15, 0.2) is 30.3 Å². The van der Waals surface area contributed by atoms with E-state index in [-0.39, 0.29) is 12.0 Å². The topological polar surface area (TPSA) is 29.5 Å². The van der Waals surface area contributed by atoms with Gasteiger partial charge in [0, 0.05) is 24.2 Å². The van der Waals surface area contributed by atoms with Gasteiger partial charge >= 0.3 is 6.09 Å². The lowest BCUT2D eigenvalue weighted by Gasteiger charge is -2.28. The molecule has 0 atom stereocenters. The van der Waals surface area contributed by atoms with Gasteiger partial charge in [-0.15, -0.1) is 0 Å². The molecular formula is C29H43NO2. The number of carbonyl (C=O) groups is 1. The number of rotatable bonds is 9. The van der Waals surface area contributed by atoms with Gasteiger partial charge in [-0.1, -0.05) is 85.2 Å². The standard InChI is InChI=1S/C29H43NO2/c1-10-13-22-14-16-23(17-15-22)27-25(20(6)7)18-24(19(4)5)26(21(8)9)28(27)32-29(31)30(11-2)12-3/h14-21H,10-13H2,1-9H3. The van der Waals surface area contributed by atoms with Gasteiger partial charge in [-0.2, -0.15) is 0 Å². The van der Waals surface area contributed by atoms with Crippen LogP contribution in [0, 0.1) is 0 Å². The minimum atomic E-state index is -0.267. The molecule has 0 heterocycles. The van der Waals surface area contributed by atoms with E-state index in [1.807, 2.05) is 13.8 Å². The molecule has 0 unspecified atom stereocenters. The highest BCUT2D eigenvalue weighted by atomic mass is 16.6. The summed E-state index contributed by atoms with van der Waals surface area (Å²) in [6, 6.07) is 11.2. The Morgan fingerprint density at radius 3 is 1.84 bits per heavy atom. The Morgan fingerprint density at radius 1 is 0.844 bits per heavy atom. The van der Waals surface area contributed by atoms with Crippen LogP contribution in [-0.2, 0) is 6.42 Å². The van der Waals surface area contributed by atoms with Gasteiger partial charge in [0.15, 0.2) is 0 Å². The summed E-state index contributed by atoms with van der Waals surface area (Å²) >= 11 is 0. The molecule has 2 aromatic carbocycles. The van der Waals surface area contributed by atoms with E-state index in [9.17, 15) is 4.79 Å². The molecule has 32 heavy (non-hydrogen) atoms. The SMILES string of the molecule is CCCc1ccc(-c2c(C(C)C)cc(C(C)C)c(C(C)C)c2OC(=O)N(CC)CC)cc1. The van der Waals surface area contributed by atoms with Crippen LogP contribution < -0.4 is 4.74 Å². The third-order valence-corrected chi connectivity index (χ3v) is 6.20. The van der Waals surface area contributed by atoms with E-state index in [1.54, 1.807) is 4.90 Å². The van der Waals surface area contributed by atoms with Gasteiger partial charge in [-0.25, -0.2) is 4.79 Å². The molecule has 0 spiro atoms. The minimum Gasteiger partial charge on any atom is -0.409 e. The fourth-order valence-corrected chi connectivity index (χ4v) is 4.41. The van der Waals surface area contributed by atoms with Gasteiger partial charge in [0.1, 0.15) is 5.75 Å². The van der Waals surface area contributed by atoms with Crippen LogP contribution >= 0.6 is 0 Å². The number of amides is 1. The highest BCUT2D eigenvalue weighted by Gasteiger charge is 2.27. The molecule has 1 amide bonds. The molecule has 0 radical (unpaired) electrons. The highest BCUT2D eigenvalue weighted by Crippen LogP contribution is 2.46. The van der Waals surface area contributed by atoms with Crippen LogP contribution in [0.3, 0.4) is 0 Å². The lowest BCUT2D eigenvalue weighted by atomic mass is 9.81. The Bertz CT molecular complexity index is 890. The molecular weight excluding hydrogens is 394 g/mol. The maximum Gasteiger partial charge on any atom is 0.415 e. The normalized spacial score (nSPS) is 11.5. The van der Waals surface area contributed by atoms with Crippen molar-refractivity contribution >= 4 is 6.09 Å². The predicted molar refractivity (Wildman–Crippen MR) is 137 cm³/mol. The Labute approximate surface area is 196 Å². The molecule has 0 aliphatic heterocycles. The lowest BCUT2D eigenvalue weighted by molar-refractivity contribution is 0.157. The molecule has 0 aliphatic rings. The zero-order valence-electron chi connectivity index (χ0n) is 21.7. The van der Waals surface area contributed by atoms with Crippen LogP contribution in [0.4, 0.5) is 4.79 Å². The van der Waals surface area contributed by atoms with Crippen molar-refractivity contribution in [1.82, 2.24) is 4.90 Å². The van der Waals surface area contributed by atoms with Gasteiger partial charge in [-0.3, -0.25) is 0 Å². The predicted octanol–water partition coefficient (Wildman–Crippen LogP) is 8.52. The Morgan fingerprint density at radius 2 is 1.41 bits per heavy atom. The second-order valence-electron chi connectivity index (χ2n) is 9.62. The number of benzene rings is 2. The van der Waals surface area contributed by atoms with Crippen molar-refractivity contribution in [3.8, 4) is 16.9 Å². The number of hydrogen-bond donors (Lipinski definition) is 0. The van der Waals surface area contributed by atoms with Crippen LogP contribution in [0.2, 0.25) is 0 Å². The van der Waals surface area contributed by atoms with Gasteiger partial charge in [0.05, 0.1) is 0 Å². The van der Waals surface area contributed by atoms with Crippen LogP contribution in [0.25, 0.3) is 11.1 Å². The first-order valence-corrected chi connectivity index (χ1v) is 12.4. The molecule has 2 rings (SSSR count). The van der Waals surface area contributed by atoms with Gasteiger partial charge in [0.2, 0.25) is 0 Å². The highest BCUT2D eigenvalue weighted by molar-refractivity contribution is 5.82. The molecule has 3 heteroatoms. The second kappa shape index (κ2) is 11.5. The van der Waals surface area contributed by atoms with E-state index in [0.717, 1.165) is 35.3 Å². The Kier molecular flexibility index (Phi) is 9.36. The molecule has 0 aliphatic carbocycles. The van der Waals surface area contributed by atoms with Crippen molar-refractivity contribution in [3.05, 3.63) is 52.6 Å². The molecule has 0 N–H and O–H groups in total. The van der Waals surface area contributed by atoms with E-state index in [4.69, 9.17) is 4.74 Å². The van der Waals surface area contributed by atoms with Crippen LogP contribution in [0.1, 0.15) is 109 Å². The number of ether oxygens (including phenoxy) is 1. The van der Waals surface area contributed by atoms with Crippen molar-refractivity contribution in [2.45, 2.75) is 92.9 Å². The summed E-state index contributed by atoms with van der Waals surface area (Å²) in [7, 11) is 0. The molecule has 0 fully saturated rings. The van der Waals surface area contributed by atoms with Crippen molar-refractivity contribution in [1.29, 1.82) is 0 Å². The van der Waals surface area contributed by atoms with Crippen LogP contribution in [-0.4, -0.2) is 24.1 Å². The van der Waals surface area contributed by atoms with Crippen molar-refractivity contribution in [2.24, 2.45) is 0 Å². The van der Waals surface area contributed by atoms with Crippen molar-refractivity contribution in [3.63, 3.8) is 0 Å². The van der Waals surface area contributed by atoms with E-state index in [1.165, 1.54) is 16.7 Å². The van der Waals surface area contributed by atoms with Gasteiger partial charge in [0.25, 0.3) is 0 Å². The van der Waals surface area contributed by atoms with Gasteiger partial charge in [-0.05, 0) is 60.3 Å². The molecule has 0 bridgehead atoms. The first kappa shape index (κ1) is 26.0. The average Bonchev–Trinajstić information content (AvgIpc) is 2.74. The molecule has 176 valence electrons. The number of aryl methyl sites for hydroxylation is 1. The lowest BCUT2D eigenvalue weighted by Crippen LogP contribution is -2.33. The summed E-state index contributed by atoms with van der Waals surface area (Å²) in [5, 5.41) is 0. The third-order valence-electron chi connectivity index (χ3n) is 6.20. The van der Waals surface area contributed by atoms with E-state index >= 15 is 0 Å². The van der Waals surface area contributed by atoms with Gasteiger partial charge < -0.3 is 9.64 Å². The monoisotopic (exact) mass is 437 g/mol. The molecule has 0 saturated heterocycles. The van der Waals surface area contributed by atoms with E-state index in [2.05, 4.69) is 78.8 Å². The summed E-state index contributed by atoms with van der Waals surface area (Å²) in [6.45, 7) is 20.7. The second-order valence-corrected chi connectivity index (χ2v) is 9.62. The van der Waals surface area contributed by atoms with Crippen LogP contribution in [0.5, 0.6) is 5.75 Å². The zero-order valence-corrected chi connectivity index (χ0v) is 21.7. The Balaban J connectivity index is 2.85. The first-order chi connectivity index (χ1) is 15.2. The summed E-state index contributed by atoms with van der Waals surface area (Å²) in [5.74, 6) is 1.64. The van der Waals surface area contributed by atoms with Crippen molar-refractivity contribution in [2.75, 3.05) is 13.1 Å². The summed E-state index contributed by atoms with van der Waals surface area (Å²) in [6.07, 6.45) is 1.94. The first-order valence-electron chi connectivity index (χ1n) is 12.4. The maximum absolute atomic E-state index is 13.1. The zero-order chi connectivity index (χ0) is 24.0. The summed E-state index contributed by atoms with van der Waals surface area (Å²) < 4.78 is 6.28. The van der Waals surface area contributed by atoms with Crippen molar-refractivity contribution < 1.29 is 9.53 Å². The molecule has 2 aromatic rings. The average molecular weight is 438 g/mol. The molecule has 0 aromatic heterocycles. The minimum absolute atomic E-state index is 0.242. The number of hydrogen-bond acceptors (Lipinski definition) is 2. The maximum atomic E-state index is 13.1. The quantitative estimate of drug-likeness (QED) is 0.393. The summed E-state index contributed by atoms with van der Waals surface area (Å²) in [4.78, 5) is 14.9. The summed E-state index contributed by atoms with van der Waals surface area (Å²) in [5.41, 5.74) is 7.19. The number of nitrogens with zero attached hydrogens (tertiary/aromatic N) is 1. The fourth-order valence-electron chi connectivity index (χ4n) is 4.41. The largest absolute Gasteiger partial charge is 0.415 e. The Hall–Kier alpha value is -2.29. The van der Waals surface area contributed by atoms with E-state index in [0.29, 0.717) is 24.9 Å². The smallest absolute Gasteiger partial charge is 0.409 e. The molecule has 3 nitrogen and oxygen atoms in total.